The maximum Gasteiger partial charge on any atom is 0.249 e. The molecular weight excluding hydrogens is 212 g/mol. The molecule has 6 heteroatoms. The summed E-state index contributed by atoms with van der Waals surface area (Å²) in [6.45, 7) is 3.52. The number of hydrogen-bond donors (Lipinski definition) is 1. The SMILES string of the molecule is CCNC(=O)C1COCCN1C(=O)COC. The zero-order chi connectivity index (χ0) is 12.0. The molecule has 0 radical (unpaired) electrons. The molecule has 0 bridgehead atoms. The number of morpholine rings is 1. The van der Waals surface area contributed by atoms with Gasteiger partial charge in [0, 0.05) is 20.2 Å². The van der Waals surface area contributed by atoms with Gasteiger partial charge in [-0.05, 0) is 6.92 Å². The van der Waals surface area contributed by atoms with Gasteiger partial charge in [-0.2, -0.15) is 0 Å². The van der Waals surface area contributed by atoms with Crippen molar-refractivity contribution in [3.05, 3.63) is 0 Å². The number of nitrogens with one attached hydrogen (secondary N) is 1. The summed E-state index contributed by atoms with van der Waals surface area (Å²) in [5.74, 6) is -0.353. The molecule has 1 heterocycles. The number of ether oxygens (including phenoxy) is 2. The maximum atomic E-state index is 11.7. The van der Waals surface area contributed by atoms with Crippen LogP contribution in [0.4, 0.5) is 0 Å². The Bertz CT molecular complexity index is 231. The molecular formula is C10H18N2O4. The van der Waals surface area contributed by atoms with E-state index in [2.05, 4.69) is 5.32 Å². The maximum absolute atomic E-state index is 11.7. The van der Waals surface area contributed by atoms with Crippen LogP contribution < -0.4 is 5.32 Å². The number of carbonyl (C=O) groups excluding carboxylic acids is 2. The third kappa shape index (κ3) is 3.18. The van der Waals surface area contributed by atoms with Crippen molar-refractivity contribution < 1.29 is 19.1 Å². The Morgan fingerprint density at radius 1 is 1.56 bits per heavy atom. The molecule has 16 heavy (non-hydrogen) atoms. The van der Waals surface area contributed by atoms with E-state index in [1.807, 2.05) is 6.92 Å². The molecule has 0 spiro atoms. The molecule has 1 unspecified atom stereocenters. The zero-order valence-electron chi connectivity index (χ0n) is 9.69. The van der Waals surface area contributed by atoms with Crippen molar-refractivity contribution in [2.45, 2.75) is 13.0 Å². The van der Waals surface area contributed by atoms with Gasteiger partial charge in [0.2, 0.25) is 11.8 Å². The van der Waals surface area contributed by atoms with Crippen LogP contribution in [0.1, 0.15) is 6.92 Å². The minimum atomic E-state index is -0.531. The standard InChI is InChI=1S/C10H18N2O4/c1-3-11-10(14)8-6-16-5-4-12(8)9(13)7-15-2/h8H,3-7H2,1-2H3,(H,11,14). The molecule has 6 nitrogen and oxygen atoms in total. The Balaban J connectivity index is 2.63. The van der Waals surface area contributed by atoms with Gasteiger partial charge in [0.25, 0.3) is 0 Å². The largest absolute Gasteiger partial charge is 0.377 e. The number of nitrogens with zero attached hydrogens (tertiary/aromatic N) is 1. The van der Waals surface area contributed by atoms with Crippen molar-refractivity contribution in [2.24, 2.45) is 0 Å². The van der Waals surface area contributed by atoms with E-state index in [-0.39, 0.29) is 25.0 Å². The van der Waals surface area contributed by atoms with Gasteiger partial charge < -0.3 is 19.7 Å². The van der Waals surface area contributed by atoms with Crippen molar-refractivity contribution in [2.75, 3.05) is 40.0 Å². The summed E-state index contributed by atoms with van der Waals surface area (Å²) in [6.07, 6.45) is 0. The molecule has 0 aromatic rings. The smallest absolute Gasteiger partial charge is 0.249 e. The summed E-state index contributed by atoms with van der Waals surface area (Å²) in [5, 5.41) is 2.69. The molecule has 92 valence electrons. The Kier molecular flexibility index (Phi) is 5.21. The molecule has 1 aliphatic heterocycles. The predicted octanol–water partition coefficient (Wildman–Crippen LogP) is -1.00. The first-order valence-corrected chi connectivity index (χ1v) is 5.34. The van der Waals surface area contributed by atoms with E-state index in [0.717, 1.165) is 0 Å². The first-order chi connectivity index (χ1) is 7.70. The molecule has 0 aromatic carbocycles. The Hall–Kier alpha value is -1.14. The monoisotopic (exact) mass is 230 g/mol. The Labute approximate surface area is 94.9 Å². The molecule has 1 N–H and O–H groups in total. The number of methoxy groups -OCH3 is 1. The molecule has 1 aliphatic rings. The van der Waals surface area contributed by atoms with Gasteiger partial charge in [0.05, 0.1) is 13.2 Å². The lowest BCUT2D eigenvalue weighted by Gasteiger charge is -2.34. The average molecular weight is 230 g/mol. The van der Waals surface area contributed by atoms with Crippen LogP contribution in [0.25, 0.3) is 0 Å². The lowest BCUT2D eigenvalue weighted by Crippen LogP contribution is -2.56. The molecule has 1 fully saturated rings. The fraction of sp³-hybridized carbons (Fsp3) is 0.800. The molecule has 1 saturated heterocycles. The molecule has 0 aliphatic carbocycles. The van der Waals surface area contributed by atoms with Gasteiger partial charge >= 0.3 is 0 Å². The third-order valence-corrected chi connectivity index (χ3v) is 2.37. The van der Waals surface area contributed by atoms with Crippen LogP contribution in [-0.4, -0.2) is 62.8 Å². The van der Waals surface area contributed by atoms with Crippen molar-refractivity contribution in [3.8, 4) is 0 Å². The second-order valence-electron chi connectivity index (χ2n) is 3.51. The van der Waals surface area contributed by atoms with Crippen LogP contribution in [0.15, 0.2) is 0 Å². The van der Waals surface area contributed by atoms with Gasteiger partial charge in [0.1, 0.15) is 12.6 Å². The van der Waals surface area contributed by atoms with Gasteiger partial charge in [-0.3, -0.25) is 9.59 Å². The number of rotatable bonds is 4. The van der Waals surface area contributed by atoms with Crippen molar-refractivity contribution >= 4 is 11.8 Å². The Morgan fingerprint density at radius 2 is 2.31 bits per heavy atom. The average Bonchev–Trinajstić information content (AvgIpc) is 2.30. The number of carbonyl (C=O) groups is 2. The fourth-order valence-electron chi connectivity index (χ4n) is 1.62. The van der Waals surface area contributed by atoms with Gasteiger partial charge in [-0.1, -0.05) is 0 Å². The highest BCUT2D eigenvalue weighted by Crippen LogP contribution is 2.07. The quantitative estimate of drug-likeness (QED) is 0.672. The minimum Gasteiger partial charge on any atom is -0.377 e. The predicted molar refractivity (Wildman–Crippen MR) is 56.9 cm³/mol. The highest BCUT2D eigenvalue weighted by molar-refractivity contribution is 5.88. The summed E-state index contributed by atoms with van der Waals surface area (Å²) < 4.78 is 9.99. The number of hydrogen-bond acceptors (Lipinski definition) is 4. The Morgan fingerprint density at radius 3 is 2.94 bits per heavy atom. The summed E-state index contributed by atoms with van der Waals surface area (Å²) in [6, 6.07) is -0.531. The summed E-state index contributed by atoms with van der Waals surface area (Å²) in [5.41, 5.74) is 0. The highest BCUT2D eigenvalue weighted by Gasteiger charge is 2.32. The fourth-order valence-corrected chi connectivity index (χ4v) is 1.62. The van der Waals surface area contributed by atoms with E-state index in [0.29, 0.717) is 19.7 Å². The van der Waals surface area contributed by atoms with E-state index in [1.54, 1.807) is 0 Å². The summed E-state index contributed by atoms with van der Waals surface area (Å²) in [7, 11) is 1.46. The van der Waals surface area contributed by atoms with Crippen LogP contribution in [0.5, 0.6) is 0 Å². The molecule has 1 rings (SSSR count). The van der Waals surface area contributed by atoms with E-state index < -0.39 is 6.04 Å². The van der Waals surface area contributed by atoms with Crippen LogP contribution in [0.2, 0.25) is 0 Å². The normalized spacial score (nSPS) is 20.6. The van der Waals surface area contributed by atoms with E-state index in [1.165, 1.54) is 12.0 Å². The summed E-state index contributed by atoms with van der Waals surface area (Å²) >= 11 is 0. The second-order valence-corrected chi connectivity index (χ2v) is 3.51. The molecule has 0 aromatic heterocycles. The van der Waals surface area contributed by atoms with Crippen molar-refractivity contribution in [1.29, 1.82) is 0 Å². The van der Waals surface area contributed by atoms with Gasteiger partial charge in [0.15, 0.2) is 0 Å². The van der Waals surface area contributed by atoms with E-state index in [4.69, 9.17) is 9.47 Å². The van der Waals surface area contributed by atoms with Gasteiger partial charge in [-0.25, -0.2) is 0 Å². The lowest BCUT2D eigenvalue weighted by atomic mass is 10.2. The zero-order valence-corrected chi connectivity index (χ0v) is 9.69. The third-order valence-electron chi connectivity index (χ3n) is 2.37. The minimum absolute atomic E-state index is 0.00406. The molecule has 0 saturated carbocycles. The number of likely N-dealkylation sites (N-methyl/N-ethyl adjacent to an activating group) is 1. The van der Waals surface area contributed by atoms with Crippen LogP contribution >= 0.6 is 0 Å². The highest BCUT2D eigenvalue weighted by atomic mass is 16.5. The van der Waals surface area contributed by atoms with Crippen molar-refractivity contribution in [3.63, 3.8) is 0 Å². The van der Waals surface area contributed by atoms with Crippen LogP contribution in [0.3, 0.4) is 0 Å². The van der Waals surface area contributed by atoms with Crippen LogP contribution in [0, 0.1) is 0 Å². The van der Waals surface area contributed by atoms with E-state index in [9.17, 15) is 9.59 Å². The first-order valence-electron chi connectivity index (χ1n) is 5.34. The summed E-state index contributed by atoms with van der Waals surface area (Å²) in [4.78, 5) is 24.9. The lowest BCUT2D eigenvalue weighted by molar-refractivity contribution is -0.151. The number of amides is 2. The van der Waals surface area contributed by atoms with Crippen LogP contribution in [-0.2, 0) is 19.1 Å². The van der Waals surface area contributed by atoms with E-state index >= 15 is 0 Å². The second kappa shape index (κ2) is 6.44. The molecule has 2 amide bonds. The van der Waals surface area contributed by atoms with Crippen molar-refractivity contribution in [1.82, 2.24) is 10.2 Å². The molecule has 1 atom stereocenters. The topological polar surface area (TPSA) is 67.9 Å². The van der Waals surface area contributed by atoms with Gasteiger partial charge in [-0.15, -0.1) is 0 Å². The first kappa shape index (κ1) is 12.9.